The highest BCUT2D eigenvalue weighted by atomic mass is 32.2. The lowest BCUT2D eigenvalue weighted by atomic mass is 10.2. The lowest BCUT2D eigenvalue weighted by Crippen LogP contribution is -2.30. The van der Waals surface area contributed by atoms with E-state index in [9.17, 15) is 22.8 Å². The molecule has 0 aliphatic carbocycles. The number of esters is 1. The van der Waals surface area contributed by atoms with E-state index < -0.39 is 35.3 Å². The van der Waals surface area contributed by atoms with Crippen LogP contribution in [0, 0.1) is 17.5 Å². The average molecular weight is 383 g/mol. The second-order valence-corrected chi connectivity index (χ2v) is 6.44. The predicted octanol–water partition coefficient (Wildman–Crippen LogP) is 4.16. The van der Waals surface area contributed by atoms with Gasteiger partial charge in [-0.2, -0.15) is 0 Å². The van der Waals surface area contributed by atoms with Crippen LogP contribution in [0.15, 0.2) is 47.4 Å². The predicted molar refractivity (Wildman–Crippen MR) is 92.3 cm³/mol. The summed E-state index contributed by atoms with van der Waals surface area (Å²) in [6, 6.07) is 8.98. The van der Waals surface area contributed by atoms with Gasteiger partial charge in [-0.05, 0) is 43.3 Å². The molecule has 0 radical (unpaired) electrons. The number of thioether (sulfide) groups is 1. The number of ether oxygens (including phenoxy) is 1. The molecule has 0 aliphatic rings. The van der Waals surface area contributed by atoms with Crippen LogP contribution >= 0.6 is 11.8 Å². The number of anilines is 1. The van der Waals surface area contributed by atoms with Crippen LogP contribution in [0.1, 0.15) is 13.3 Å². The number of hydrogen-bond acceptors (Lipinski definition) is 4. The molecule has 8 heteroatoms. The Labute approximate surface area is 152 Å². The minimum atomic E-state index is -1.21. The second kappa shape index (κ2) is 9.28. The Morgan fingerprint density at radius 2 is 1.69 bits per heavy atom. The first kappa shape index (κ1) is 19.8. The summed E-state index contributed by atoms with van der Waals surface area (Å²) in [5.41, 5.74) is -0.590. The maximum atomic E-state index is 13.5. The van der Waals surface area contributed by atoms with E-state index in [4.69, 9.17) is 4.74 Å². The largest absolute Gasteiger partial charge is 0.453 e. The highest BCUT2D eigenvalue weighted by Crippen LogP contribution is 2.20. The number of amides is 1. The lowest BCUT2D eigenvalue weighted by Gasteiger charge is -2.14. The molecule has 0 saturated carbocycles. The third kappa shape index (κ3) is 5.80. The quantitative estimate of drug-likeness (QED) is 0.576. The molecule has 0 aliphatic heterocycles. The van der Waals surface area contributed by atoms with Gasteiger partial charge in [-0.15, -0.1) is 11.8 Å². The van der Waals surface area contributed by atoms with Gasteiger partial charge in [0.1, 0.15) is 23.1 Å². The molecule has 0 heterocycles. The molecule has 0 bridgehead atoms. The molecule has 2 rings (SSSR count). The first-order valence-corrected chi connectivity index (χ1v) is 8.68. The molecule has 1 atom stereocenters. The van der Waals surface area contributed by atoms with Crippen molar-refractivity contribution in [3.8, 4) is 0 Å². The van der Waals surface area contributed by atoms with Crippen LogP contribution in [0.25, 0.3) is 0 Å². The monoisotopic (exact) mass is 383 g/mol. The molecule has 0 spiro atoms. The normalized spacial score (nSPS) is 11.7. The van der Waals surface area contributed by atoms with Crippen molar-refractivity contribution in [2.75, 3.05) is 11.1 Å². The van der Waals surface area contributed by atoms with Crippen LogP contribution in [0.2, 0.25) is 0 Å². The van der Waals surface area contributed by atoms with E-state index in [1.54, 1.807) is 12.1 Å². The molecule has 0 unspecified atom stereocenters. The number of carbonyl (C=O) groups excluding carboxylic acids is 2. The summed E-state index contributed by atoms with van der Waals surface area (Å²) in [5, 5.41) is 2.06. The maximum Gasteiger partial charge on any atom is 0.307 e. The maximum absolute atomic E-state index is 13.5. The molecule has 1 N–H and O–H groups in total. The number of nitrogens with one attached hydrogen (secondary N) is 1. The first-order valence-electron chi connectivity index (χ1n) is 7.69. The molecule has 138 valence electrons. The van der Waals surface area contributed by atoms with Gasteiger partial charge in [0.2, 0.25) is 0 Å². The van der Waals surface area contributed by atoms with Gasteiger partial charge in [0.25, 0.3) is 5.91 Å². The van der Waals surface area contributed by atoms with Crippen molar-refractivity contribution in [1.82, 2.24) is 0 Å². The molecule has 1 amide bonds. The van der Waals surface area contributed by atoms with Crippen molar-refractivity contribution in [3.63, 3.8) is 0 Å². The summed E-state index contributed by atoms with van der Waals surface area (Å²) in [6.07, 6.45) is -1.19. The van der Waals surface area contributed by atoms with Gasteiger partial charge in [-0.3, -0.25) is 9.59 Å². The summed E-state index contributed by atoms with van der Waals surface area (Å²) in [7, 11) is 0. The van der Waals surface area contributed by atoms with Gasteiger partial charge in [-0.1, -0.05) is 6.07 Å². The van der Waals surface area contributed by atoms with Gasteiger partial charge in [0.15, 0.2) is 6.10 Å². The summed E-state index contributed by atoms with van der Waals surface area (Å²) >= 11 is 1.33. The summed E-state index contributed by atoms with van der Waals surface area (Å²) < 4.78 is 44.7. The smallest absolute Gasteiger partial charge is 0.307 e. The lowest BCUT2D eigenvalue weighted by molar-refractivity contribution is -0.152. The third-order valence-corrected chi connectivity index (χ3v) is 4.29. The first-order chi connectivity index (χ1) is 12.4. The molecular formula is C18H16F3NO3S. The zero-order valence-corrected chi connectivity index (χ0v) is 14.6. The SMILES string of the molecule is C[C@H](OC(=O)CCSc1ccc(F)cc1)C(=O)Nc1c(F)cccc1F. The van der Waals surface area contributed by atoms with Gasteiger partial charge in [0.05, 0.1) is 6.42 Å². The van der Waals surface area contributed by atoms with Gasteiger partial charge in [0, 0.05) is 10.6 Å². The van der Waals surface area contributed by atoms with Crippen LogP contribution in [0.5, 0.6) is 0 Å². The van der Waals surface area contributed by atoms with E-state index in [0.717, 1.165) is 17.0 Å². The molecule has 0 fully saturated rings. The van der Waals surface area contributed by atoms with Gasteiger partial charge < -0.3 is 10.1 Å². The summed E-state index contributed by atoms with van der Waals surface area (Å²) in [5.74, 6) is -3.29. The van der Waals surface area contributed by atoms with Crippen molar-refractivity contribution < 1.29 is 27.5 Å². The van der Waals surface area contributed by atoms with Crippen LogP contribution in [-0.2, 0) is 14.3 Å². The van der Waals surface area contributed by atoms with Crippen molar-refractivity contribution in [3.05, 3.63) is 59.9 Å². The molecule has 4 nitrogen and oxygen atoms in total. The fourth-order valence-corrected chi connectivity index (χ4v) is 2.77. The summed E-state index contributed by atoms with van der Waals surface area (Å²) in [6.45, 7) is 1.30. The molecule has 2 aromatic rings. The zero-order valence-electron chi connectivity index (χ0n) is 13.8. The standard InChI is InChI=1S/C18H16F3NO3S/c1-11(18(24)22-17-14(20)3-2-4-15(17)21)25-16(23)9-10-26-13-7-5-12(19)6-8-13/h2-8,11H,9-10H2,1H3,(H,22,24)/t11-/m0/s1. The Hall–Kier alpha value is -2.48. The fourth-order valence-electron chi connectivity index (χ4n) is 1.93. The van der Waals surface area contributed by atoms with Crippen molar-refractivity contribution in [2.24, 2.45) is 0 Å². The molecular weight excluding hydrogens is 367 g/mol. The second-order valence-electron chi connectivity index (χ2n) is 5.27. The Balaban J connectivity index is 1.78. The summed E-state index contributed by atoms with van der Waals surface area (Å²) in [4.78, 5) is 24.5. The van der Waals surface area contributed by atoms with Crippen molar-refractivity contribution in [2.45, 2.75) is 24.3 Å². The minimum Gasteiger partial charge on any atom is -0.453 e. The van der Waals surface area contributed by atoms with E-state index in [1.807, 2.05) is 0 Å². The number of halogens is 3. The molecule has 0 saturated heterocycles. The van der Waals surface area contributed by atoms with Gasteiger partial charge in [-0.25, -0.2) is 13.2 Å². The van der Waals surface area contributed by atoms with Gasteiger partial charge >= 0.3 is 5.97 Å². The van der Waals surface area contributed by atoms with Crippen LogP contribution < -0.4 is 5.32 Å². The topological polar surface area (TPSA) is 55.4 Å². The number of rotatable bonds is 7. The fraction of sp³-hybridized carbons (Fsp3) is 0.222. The van der Waals surface area contributed by atoms with E-state index in [1.165, 1.54) is 36.9 Å². The van der Waals surface area contributed by atoms with Crippen LogP contribution in [-0.4, -0.2) is 23.7 Å². The number of hydrogen-bond donors (Lipinski definition) is 1. The highest BCUT2D eigenvalue weighted by Gasteiger charge is 2.20. The van der Waals surface area contributed by atoms with E-state index in [2.05, 4.69) is 5.32 Å². The highest BCUT2D eigenvalue weighted by molar-refractivity contribution is 7.99. The number of para-hydroxylation sites is 1. The Morgan fingerprint density at radius 1 is 1.08 bits per heavy atom. The van der Waals surface area contributed by atoms with E-state index >= 15 is 0 Å². The Kier molecular flexibility index (Phi) is 7.08. The van der Waals surface area contributed by atoms with E-state index in [0.29, 0.717) is 5.75 Å². The molecule has 2 aromatic carbocycles. The average Bonchev–Trinajstić information content (AvgIpc) is 2.59. The van der Waals surface area contributed by atoms with Crippen molar-refractivity contribution in [1.29, 1.82) is 0 Å². The molecule has 0 aromatic heterocycles. The number of carbonyl (C=O) groups is 2. The van der Waals surface area contributed by atoms with Crippen molar-refractivity contribution >= 4 is 29.3 Å². The zero-order chi connectivity index (χ0) is 19.1. The van der Waals surface area contributed by atoms with Crippen LogP contribution in [0.3, 0.4) is 0 Å². The molecule has 26 heavy (non-hydrogen) atoms. The number of benzene rings is 2. The minimum absolute atomic E-state index is 0.0215. The Morgan fingerprint density at radius 3 is 2.31 bits per heavy atom. The van der Waals surface area contributed by atoms with Crippen LogP contribution in [0.4, 0.5) is 18.9 Å². The third-order valence-electron chi connectivity index (χ3n) is 3.28. The Bertz CT molecular complexity index is 764. The van der Waals surface area contributed by atoms with E-state index in [-0.39, 0.29) is 12.2 Å².